The average molecular weight is 383 g/mol. The number of piperidine rings is 1. The van der Waals surface area contributed by atoms with Gasteiger partial charge in [0.1, 0.15) is 5.82 Å². The Morgan fingerprint density at radius 1 is 1.25 bits per heavy atom. The van der Waals surface area contributed by atoms with Crippen molar-refractivity contribution >= 4 is 11.8 Å². The number of nitrogens with one attached hydrogen (secondary N) is 1. The van der Waals surface area contributed by atoms with Gasteiger partial charge in [-0.3, -0.25) is 4.79 Å². The molecule has 0 aromatic carbocycles. The summed E-state index contributed by atoms with van der Waals surface area (Å²) in [6, 6.07) is 0. The number of aromatic nitrogens is 4. The predicted molar refractivity (Wildman–Crippen MR) is 104 cm³/mol. The molecule has 2 aromatic heterocycles. The lowest BCUT2D eigenvalue weighted by Crippen LogP contribution is -2.47. The van der Waals surface area contributed by atoms with Crippen molar-refractivity contribution < 1.29 is 9.90 Å². The van der Waals surface area contributed by atoms with Crippen molar-refractivity contribution in [1.82, 2.24) is 19.9 Å². The molecule has 8 nitrogen and oxygen atoms in total. The normalized spacial score (nSPS) is 21.8. The fourth-order valence-corrected chi connectivity index (χ4v) is 4.43. The summed E-state index contributed by atoms with van der Waals surface area (Å²) in [5, 5.41) is 9.49. The Morgan fingerprint density at radius 3 is 2.71 bits per heavy atom. The minimum Gasteiger partial charge on any atom is -0.476 e. The first-order valence-electron chi connectivity index (χ1n) is 9.65. The molecule has 0 radical (unpaired) electrons. The van der Waals surface area contributed by atoms with Crippen LogP contribution in [-0.4, -0.2) is 44.1 Å². The van der Waals surface area contributed by atoms with Crippen LogP contribution in [0.15, 0.2) is 17.2 Å². The van der Waals surface area contributed by atoms with Crippen molar-refractivity contribution in [2.75, 3.05) is 18.0 Å². The van der Waals surface area contributed by atoms with E-state index in [0.717, 1.165) is 30.5 Å². The van der Waals surface area contributed by atoms with Crippen LogP contribution in [0.2, 0.25) is 0 Å². The molecule has 1 fully saturated rings. The molecule has 3 heterocycles. The van der Waals surface area contributed by atoms with Gasteiger partial charge in [0.05, 0.1) is 5.69 Å². The quantitative estimate of drug-likeness (QED) is 0.816. The zero-order chi connectivity index (χ0) is 20.1. The van der Waals surface area contributed by atoms with Crippen LogP contribution < -0.4 is 10.5 Å². The molecule has 0 amide bonds. The van der Waals surface area contributed by atoms with Gasteiger partial charge < -0.3 is 15.0 Å². The molecule has 1 atom stereocenters. The van der Waals surface area contributed by atoms with Crippen LogP contribution in [0.25, 0.3) is 0 Å². The zero-order valence-electron chi connectivity index (χ0n) is 16.4. The smallest absolute Gasteiger partial charge is 0.358 e. The minimum absolute atomic E-state index is 0.0352. The highest BCUT2D eigenvalue weighted by Crippen LogP contribution is 2.44. The zero-order valence-corrected chi connectivity index (χ0v) is 16.4. The molecule has 2 aliphatic rings. The lowest BCUT2D eigenvalue weighted by atomic mass is 9.77. The maximum Gasteiger partial charge on any atom is 0.358 e. The van der Waals surface area contributed by atoms with Gasteiger partial charge in [0.25, 0.3) is 5.56 Å². The molecule has 1 aliphatic carbocycles. The van der Waals surface area contributed by atoms with Crippen molar-refractivity contribution in [3.63, 3.8) is 0 Å². The third-order valence-electron chi connectivity index (χ3n) is 5.84. The van der Waals surface area contributed by atoms with E-state index < -0.39 is 5.97 Å². The number of anilines is 1. The Bertz CT molecular complexity index is 994. The van der Waals surface area contributed by atoms with E-state index in [9.17, 15) is 14.7 Å². The molecule has 0 saturated carbocycles. The molecule has 0 bridgehead atoms. The van der Waals surface area contributed by atoms with Gasteiger partial charge >= 0.3 is 5.97 Å². The third kappa shape index (κ3) is 2.96. The minimum atomic E-state index is -1.08. The van der Waals surface area contributed by atoms with E-state index in [2.05, 4.69) is 15.0 Å². The van der Waals surface area contributed by atoms with E-state index in [1.807, 2.05) is 25.7 Å². The maximum absolute atomic E-state index is 12.7. The molecule has 1 saturated heterocycles. The summed E-state index contributed by atoms with van der Waals surface area (Å²) in [6.45, 7) is 7.41. The molecule has 2 N–H and O–H groups in total. The summed E-state index contributed by atoms with van der Waals surface area (Å²) < 4.78 is 0. The number of rotatable bonds is 2. The summed E-state index contributed by atoms with van der Waals surface area (Å²) in [4.78, 5) is 42.4. The number of aromatic carboxylic acids is 1. The molecular weight excluding hydrogens is 358 g/mol. The number of hydrogen-bond acceptors (Lipinski definition) is 6. The van der Waals surface area contributed by atoms with Crippen LogP contribution in [0, 0.1) is 0 Å². The monoisotopic (exact) mass is 383 g/mol. The van der Waals surface area contributed by atoms with Gasteiger partial charge in [-0.1, -0.05) is 20.8 Å². The molecular formula is C20H25N5O3. The van der Waals surface area contributed by atoms with Gasteiger partial charge in [-0.25, -0.2) is 19.7 Å². The molecule has 1 unspecified atom stereocenters. The van der Waals surface area contributed by atoms with E-state index >= 15 is 0 Å². The maximum atomic E-state index is 12.7. The fraction of sp³-hybridized carbons (Fsp3) is 0.550. The molecule has 2 aromatic rings. The second-order valence-corrected chi connectivity index (χ2v) is 8.83. The lowest BCUT2D eigenvalue weighted by Gasteiger charge is -2.41. The first kappa shape index (κ1) is 18.6. The number of hydrogen-bond donors (Lipinski definition) is 2. The van der Waals surface area contributed by atoms with Gasteiger partial charge in [0.2, 0.25) is 0 Å². The van der Waals surface area contributed by atoms with Crippen LogP contribution in [-0.2, 0) is 17.3 Å². The molecule has 4 rings (SSSR count). The molecule has 8 heteroatoms. The standard InChI is InChI=1S/C20H25N5O3/c1-19(2,3)18-23-14-12(16(26)24-18)5-7-20(14)6-4-10-25(11-20)15-13(17(27)28)21-8-9-22-15/h8-9H,4-7,10-11H2,1-3H3,(H,27,28)(H,23,24,26). The van der Waals surface area contributed by atoms with Gasteiger partial charge in [0, 0.05) is 41.9 Å². The largest absolute Gasteiger partial charge is 0.476 e. The van der Waals surface area contributed by atoms with Crippen LogP contribution in [0.3, 0.4) is 0 Å². The van der Waals surface area contributed by atoms with Crippen molar-refractivity contribution in [3.8, 4) is 0 Å². The van der Waals surface area contributed by atoms with Crippen LogP contribution in [0.4, 0.5) is 5.82 Å². The van der Waals surface area contributed by atoms with Crippen LogP contribution in [0.1, 0.15) is 67.6 Å². The first-order chi connectivity index (χ1) is 13.2. The number of nitrogens with zero attached hydrogens (tertiary/aromatic N) is 4. The Kier molecular flexibility index (Phi) is 4.24. The summed E-state index contributed by atoms with van der Waals surface area (Å²) in [7, 11) is 0. The van der Waals surface area contributed by atoms with Crippen LogP contribution in [0.5, 0.6) is 0 Å². The average Bonchev–Trinajstić information content (AvgIpc) is 2.99. The number of aromatic amines is 1. The van der Waals surface area contributed by atoms with Crippen molar-refractivity contribution in [2.45, 2.75) is 57.3 Å². The molecule has 1 spiro atoms. The topological polar surface area (TPSA) is 112 Å². The number of carbonyl (C=O) groups is 1. The highest BCUT2D eigenvalue weighted by atomic mass is 16.4. The highest BCUT2D eigenvalue weighted by Gasteiger charge is 2.46. The Balaban J connectivity index is 1.77. The molecule has 148 valence electrons. The Morgan fingerprint density at radius 2 is 2.00 bits per heavy atom. The van der Waals surface area contributed by atoms with Crippen molar-refractivity contribution in [3.05, 3.63) is 45.5 Å². The van der Waals surface area contributed by atoms with Crippen molar-refractivity contribution in [1.29, 1.82) is 0 Å². The van der Waals surface area contributed by atoms with Gasteiger partial charge in [-0.05, 0) is 25.7 Å². The Labute approximate surface area is 163 Å². The van der Waals surface area contributed by atoms with E-state index in [-0.39, 0.29) is 22.1 Å². The second-order valence-electron chi connectivity index (χ2n) is 8.83. The third-order valence-corrected chi connectivity index (χ3v) is 5.84. The fourth-order valence-electron chi connectivity index (χ4n) is 4.43. The predicted octanol–water partition coefficient (Wildman–Crippen LogP) is 2.04. The van der Waals surface area contributed by atoms with Crippen LogP contribution >= 0.6 is 0 Å². The molecule has 28 heavy (non-hydrogen) atoms. The van der Waals surface area contributed by atoms with Crippen molar-refractivity contribution in [2.24, 2.45) is 0 Å². The van der Waals surface area contributed by atoms with E-state index in [1.54, 1.807) is 0 Å². The summed E-state index contributed by atoms with van der Waals surface area (Å²) >= 11 is 0. The lowest BCUT2D eigenvalue weighted by molar-refractivity contribution is 0.0690. The van der Waals surface area contributed by atoms with Gasteiger partial charge in [0.15, 0.2) is 11.5 Å². The van der Waals surface area contributed by atoms with E-state index in [1.165, 1.54) is 12.4 Å². The van der Waals surface area contributed by atoms with E-state index in [4.69, 9.17) is 4.98 Å². The molecule has 1 aliphatic heterocycles. The number of carboxylic acid groups (broad SMARTS) is 1. The van der Waals surface area contributed by atoms with Gasteiger partial charge in [-0.15, -0.1) is 0 Å². The summed E-state index contributed by atoms with van der Waals surface area (Å²) in [5.41, 5.74) is 1.06. The number of carboxylic acids is 1. The van der Waals surface area contributed by atoms with Gasteiger partial charge in [-0.2, -0.15) is 0 Å². The summed E-state index contributed by atoms with van der Waals surface area (Å²) in [6.07, 6.45) is 6.27. The number of fused-ring (bicyclic) bond motifs is 2. The second kappa shape index (κ2) is 6.39. The Hall–Kier alpha value is -2.77. The first-order valence-corrected chi connectivity index (χ1v) is 9.65. The highest BCUT2D eigenvalue weighted by molar-refractivity contribution is 5.91. The summed E-state index contributed by atoms with van der Waals surface area (Å²) in [5.74, 6) is 0.00270. The van der Waals surface area contributed by atoms with E-state index in [0.29, 0.717) is 31.2 Å². The SMILES string of the molecule is CC(C)(C)c1nc2c(c(=O)[nH]1)CCC21CCCN(c2nccnc2C(=O)O)C1. The number of H-pyrrole nitrogens is 1.